The summed E-state index contributed by atoms with van der Waals surface area (Å²) in [5.41, 5.74) is 2.87. The highest BCUT2D eigenvalue weighted by Crippen LogP contribution is 2.19. The van der Waals surface area contributed by atoms with Gasteiger partial charge in [-0.15, -0.1) is 0 Å². The number of hydrogen-bond donors (Lipinski definition) is 1. The lowest BCUT2D eigenvalue weighted by Crippen LogP contribution is -2.35. The second-order valence-electron chi connectivity index (χ2n) is 7.81. The zero-order chi connectivity index (χ0) is 22.5. The maximum atomic E-state index is 12.8. The molecular weight excluding hydrogens is 424 g/mol. The fourth-order valence-electron chi connectivity index (χ4n) is 3.80. The van der Waals surface area contributed by atoms with Gasteiger partial charge in [0, 0.05) is 42.3 Å². The van der Waals surface area contributed by atoms with E-state index in [9.17, 15) is 9.59 Å². The van der Waals surface area contributed by atoms with E-state index in [1.165, 1.54) is 0 Å². The fraction of sp³-hybridized carbons (Fsp3) is 0.240. The van der Waals surface area contributed by atoms with Crippen LogP contribution >= 0.6 is 11.6 Å². The van der Waals surface area contributed by atoms with Crippen LogP contribution in [0, 0.1) is 6.92 Å². The predicted octanol–water partition coefficient (Wildman–Crippen LogP) is 4.65. The molecule has 1 fully saturated rings. The molecule has 6 nitrogen and oxygen atoms in total. The van der Waals surface area contributed by atoms with Gasteiger partial charge >= 0.3 is 0 Å². The molecule has 3 aromatic rings. The second kappa shape index (κ2) is 9.83. The van der Waals surface area contributed by atoms with Crippen LogP contribution in [-0.4, -0.2) is 47.9 Å². The van der Waals surface area contributed by atoms with Crippen LogP contribution in [0.2, 0.25) is 5.02 Å². The third-order valence-corrected chi connectivity index (χ3v) is 5.85. The van der Waals surface area contributed by atoms with E-state index >= 15 is 0 Å². The monoisotopic (exact) mass is 448 g/mol. The van der Waals surface area contributed by atoms with Crippen LogP contribution in [0.25, 0.3) is 0 Å². The molecule has 1 aliphatic rings. The first-order valence-corrected chi connectivity index (χ1v) is 11.0. The number of anilines is 2. The smallest absolute Gasteiger partial charge is 0.255 e. The van der Waals surface area contributed by atoms with Gasteiger partial charge in [0.2, 0.25) is 0 Å². The van der Waals surface area contributed by atoms with Gasteiger partial charge in [0.05, 0.1) is 11.9 Å². The maximum absolute atomic E-state index is 12.8. The lowest BCUT2D eigenvalue weighted by atomic mass is 10.1. The van der Waals surface area contributed by atoms with Crippen molar-refractivity contribution in [3.05, 3.63) is 88.6 Å². The Morgan fingerprint density at radius 2 is 1.72 bits per heavy atom. The number of benzene rings is 2. The number of carbonyl (C=O) groups excluding carboxylic acids is 2. The van der Waals surface area contributed by atoms with Crippen molar-refractivity contribution in [1.82, 2.24) is 9.88 Å². The molecule has 1 saturated heterocycles. The van der Waals surface area contributed by atoms with E-state index in [-0.39, 0.29) is 11.8 Å². The Hall–Kier alpha value is -3.38. The highest BCUT2D eigenvalue weighted by molar-refractivity contribution is 6.30. The molecule has 0 atom stereocenters. The minimum atomic E-state index is -0.149. The molecule has 1 aliphatic heterocycles. The van der Waals surface area contributed by atoms with E-state index in [0.717, 1.165) is 24.3 Å². The lowest BCUT2D eigenvalue weighted by Gasteiger charge is -2.23. The number of amides is 2. The van der Waals surface area contributed by atoms with Crippen molar-refractivity contribution in [2.45, 2.75) is 13.3 Å². The summed E-state index contributed by atoms with van der Waals surface area (Å²) in [7, 11) is 0. The molecule has 2 aromatic carbocycles. The minimum absolute atomic E-state index is 0.0192. The molecule has 1 aromatic heterocycles. The largest absolute Gasteiger partial charge is 0.355 e. The fourth-order valence-corrected chi connectivity index (χ4v) is 3.92. The van der Waals surface area contributed by atoms with Crippen LogP contribution in [0.3, 0.4) is 0 Å². The summed E-state index contributed by atoms with van der Waals surface area (Å²) in [5, 5.41) is 3.52. The number of halogens is 1. The zero-order valence-electron chi connectivity index (χ0n) is 17.9. The van der Waals surface area contributed by atoms with E-state index in [2.05, 4.69) is 15.2 Å². The predicted molar refractivity (Wildman–Crippen MR) is 128 cm³/mol. The number of hydrogen-bond acceptors (Lipinski definition) is 4. The first-order chi connectivity index (χ1) is 15.5. The molecule has 0 unspecified atom stereocenters. The molecule has 1 N–H and O–H groups in total. The maximum Gasteiger partial charge on any atom is 0.255 e. The van der Waals surface area contributed by atoms with Crippen molar-refractivity contribution < 1.29 is 9.59 Å². The average Bonchev–Trinajstić information content (AvgIpc) is 3.06. The Morgan fingerprint density at radius 1 is 0.938 bits per heavy atom. The molecule has 0 radical (unpaired) electrons. The molecule has 164 valence electrons. The standard InChI is InChI=1S/C25H25ClN4O2/c1-18-5-2-3-6-22(18)24(31)28-21-11-12-23(27-17-21)29-13-4-14-30(16-15-29)25(32)19-7-9-20(26)10-8-19/h2-3,5-12,17H,4,13-16H2,1H3,(H,28,31). The van der Waals surface area contributed by atoms with Gasteiger partial charge in [0.1, 0.15) is 5.82 Å². The number of carbonyl (C=O) groups is 2. The van der Waals surface area contributed by atoms with Gasteiger partial charge < -0.3 is 15.1 Å². The summed E-state index contributed by atoms with van der Waals surface area (Å²) in [5.74, 6) is 0.703. The number of aryl methyl sites for hydroxylation is 1. The zero-order valence-corrected chi connectivity index (χ0v) is 18.7. The van der Waals surface area contributed by atoms with Crippen molar-refractivity contribution in [3.63, 3.8) is 0 Å². The quantitative estimate of drug-likeness (QED) is 0.631. The van der Waals surface area contributed by atoms with Crippen molar-refractivity contribution in [2.24, 2.45) is 0 Å². The third-order valence-electron chi connectivity index (χ3n) is 5.59. The summed E-state index contributed by atoms with van der Waals surface area (Å²) in [6, 6.07) is 18.3. The van der Waals surface area contributed by atoms with Crippen LogP contribution in [0.5, 0.6) is 0 Å². The Kier molecular flexibility index (Phi) is 6.71. The molecule has 0 saturated carbocycles. The number of pyridine rings is 1. The summed E-state index contributed by atoms with van der Waals surface area (Å²) in [6.45, 7) is 4.74. The van der Waals surface area contributed by atoms with E-state index in [1.54, 1.807) is 36.5 Å². The van der Waals surface area contributed by atoms with Gasteiger partial charge in [-0.1, -0.05) is 29.8 Å². The van der Waals surface area contributed by atoms with Gasteiger partial charge in [-0.25, -0.2) is 4.98 Å². The first kappa shape index (κ1) is 21.8. The van der Waals surface area contributed by atoms with Crippen molar-refractivity contribution in [1.29, 1.82) is 0 Å². The molecule has 0 bridgehead atoms. The van der Waals surface area contributed by atoms with Crippen LogP contribution in [-0.2, 0) is 0 Å². The Morgan fingerprint density at radius 3 is 2.44 bits per heavy atom. The third kappa shape index (κ3) is 5.08. The number of nitrogens with one attached hydrogen (secondary N) is 1. The van der Waals surface area contributed by atoms with Gasteiger partial charge in [0.25, 0.3) is 11.8 Å². The normalized spacial score (nSPS) is 14.1. The Balaban J connectivity index is 1.37. The van der Waals surface area contributed by atoms with Crippen LogP contribution < -0.4 is 10.2 Å². The topological polar surface area (TPSA) is 65.5 Å². The van der Waals surface area contributed by atoms with Crippen LogP contribution in [0.1, 0.15) is 32.7 Å². The van der Waals surface area contributed by atoms with Crippen molar-refractivity contribution in [3.8, 4) is 0 Å². The average molecular weight is 449 g/mol. The number of nitrogens with zero attached hydrogens (tertiary/aromatic N) is 3. The van der Waals surface area contributed by atoms with E-state index in [4.69, 9.17) is 11.6 Å². The SMILES string of the molecule is Cc1ccccc1C(=O)Nc1ccc(N2CCCN(C(=O)c3ccc(Cl)cc3)CC2)nc1. The molecule has 2 heterocycles. The van der Waals surface area contributed by atoms with Gasteiger partial charge in [0.15, 0.2) is 0 Å². The number of aromatic nitrogens is 1. The number of rotatable bonds is 4. The van der Waals surface area contributed by atoms with Crippen molar-refractivity contribution >= 4 is 34.9 Å². The summed E-state index contributed by atoms with van der Waals surface area (Å²) >= 11 is 5.93. The van der Waals surface area contributed by atoms with E-state index in [0.29, 0.717) is 41.5 Å². The highest BCUT2D eigenvalue weighted by atomic mass is 35.5. The van der Waals surface area contributed by atoms with Crippen LogP contribution in [0.4, 0.5) is 11.5 Å². The molecule has 2 amide bonds. The summed E-state index contributed by atoms with van der Waals surface area (Å²) in [4.78, 5) is 33.9. The minimum Gasteiger partial charge on any atom is -0.355 e. The molecule has 7 heteroatoms. The van der Waals surface area contributed by atoms with Gasteiger partial charge in [-0.2, -0.15) is 0 Å². The molecule has 0 aliphatic carbocycles. The summed E-state index contributed by atoms with van der Waals surface area (Å²) < 4.78 is 0. The molecule has 0 spiro atoms. The van der Waals surface area contributed by atoms with E-state index < -0.39 is 0 Å². The highest BCUT2D eigenvalue weighted by Gasteiger charge is 2.21. The van der Waals surface area contributed by atoms with E-state index in [1.807, 2.05) is 42.2 Å². The van der Waals surface area contributed by atoms with Crippen LogP contribution in [0.15, 0.2) is 66.9 Å². The molecule has 32 heavy (non-hydrogen) atoms. The Labute approximate surface area is 192 Å². The van der Waals surface area contributed by atoms with Gasteiger partial charge in [-0.05, 0) is 61.4 Å². The first-order valence-electron chi connectivity index (χ1n) is 10.6. The van der Waals surface area contributed by atoms with Gasteiger partial charge in [-0.3, -0.25) is 9.59 Å². The second-order valence-corrected chi connectivity index (χ2v) is 8.25. The Bertz CT molecular complexity index is 1100. The lowest BCUT2D eigenvalue weighted by molar-refractivity contribution is 0.0767. The molecule has 4 rings (SSSR count). The summed E-state index contributed by atoms with van der Waals surface area (Å²) in [6.07, 6.45) is 2.53. The molecular formula is C25H25ClN4O2. The van der Waals surface area contributed by atoms with Crippen molar-refractivity contribution in [2.75, 3.05) is 36.4 Å².